The van der Waals surface area contributed by atoms with E-state index in [0.717, 1.165) is 24.5 Å². The van der Waals surface area contributed by atoms with Gasteiger partial charge in [0.05, 0.1) is 4.92 Å². The lowest BCUT2D eigenvalue weighted by Crippen LogP contribution is -2.36. The number of rotatable bonds is 8. The number of hydrogen-bond donors (Lipinski definition) is 2. The standard InChI is InChI=1S/C15H26N4O2/c1-6-16-12-7-13(9-14(8-12)19(20)21)17-15(11(2)3)10-18(4)5/h7-9,11,15-17H,6,10H2,1-5H3. The van der Waals surface area contributed by atoms with Crippen LogP contribution in [0.4, 0.5) is 17.1 Å². The van der Waals surface area contributed by atoms with Gasteiger partial charge in [-0.1, -0.05) is 13.8 Å². The molecule has 0 aliphatic heterocycles. The number of anilines is 2. The Labute approximate surface area is 126 Å². The lowest BCUT2D eigenvalue weighted by atomic mass is 10.0. The van der Waals surface area contributed by atoms with Gasteiger partial charge < -0.3 is 15.5 Å². The summed E-state index contributed by atoms with van der Waals surface area (Å²) in [5, 5.41) is 17.6. The third-order valence-corrected chi connectivity index (χ3v) is 3.23. The van der Waals surface area contributed by atoms with E-state index in [4.69, 9.17) is 0 Å². The Morgan fingerprint density at radius 1 is 1.24 bits per heavy atom. The number of nitro groups is 1. The number of hydrogen-bond acceptors (Lipinski definition) is 5. The minimum Gasteiger partial charge on any atom is -0.385 e. The first kappa shape index (κ1) is 17.2. The second kappa shape index (κ2) is 7.83. The fraction of sp³-hybridized carbons (Fsp3) is 0.600. The summed E-state index contributed by atoms with van der Waals surface area (Å²) in [4.78, 5) is 12.8. The van der Waals surface area contributed by atoms with Crippen LogP contribution in [0.15, 0.2) is 18.2 Å². The third kappa shape index (κ3) is 5.59. The number of nitrogens with one attached hydrogen (secondary N) is 2. The summed E-state index contributed by atoms with van der Waals surface area (Å²) in [6.45, 7) is 7.85. The van der Waals surface area contributed by atoms with E-state index >= 15 is 0 Å². The van der Waals surface area contributed by atoms with Gasteiger partial charge in [0.25, 0.3) is 5.69 Å². The molecule has 0 amide bonds. The van der Waals surface area contributed by atoms with Crippen molar-refractivity contribution in [3.63, 3.8) is 0 Å². The van der Waals surface area contributed by atoms with E-state index < -0.39 is 0 Å². The second-order valence-corrected chi connectivity index (χ2v) is 5.81. The van der Waals surface area contributed by atoms with Crippen LogP contribution in [0, 0.1) is 16.0 Å². The molecule has 6 nitrogen and oxygen atoms in total. The van der Waals surface area contributed by atoms with Crippen molar-refractivity contribution in [2.45, 2.75) is 26.8 Å². The van der Waals surface area contributed by atoms with Crippen molar-refractivity contribution in [2.75, 3.05) is 37.8 Å². The molecule has 0 saturated carbocycles. The van der Waals surface area contributed by atoms with Crippen molar-refractivity contribution in [1.82, 2.24) is 4.90 Å². The fourth-order valence-electron chi connectivity index (χ4n) is 2.14. The highest BCUT2D eigenvalue weighted by Gasteiger charge is 2.16. The molecule has 1 unspecified atom stereocenters. The molecule has 0 heterocycles. The quantitative estimate of drug-likeness (QED) is 0.569. The van der Waals surface area contributed by atoms with Crippen molar-refractivity contribution >= 4 is 17.1 Å². The van der Waals surface area contributed by atoms with Crippen LogP contribution in [0.2, 0.25) is 0 Å². The summed E-state index contributed by atoms with van der Waals surface area (Å²) in [6, 6.07) is 5.30. The molecule has 0 aliphatic carbocycles. The Morgan fingerprint density at radius 3 is 2.33 bits per heavy atom. The summed E-state index contributed by atoms with van der Waals surface area (Å²) in [5.74, 6) is 0.425. The predicted molar refractivity (Wildman–Crippen MR) is 88.1 cm³/mol. The normalized spacial score (nSPS) is 12.5. The zero-order valence-corrected chi connectivity index (χ0v) is 13.5. The monoisotopic (exact) mass is 294 g/mol. The first-order valence-electron chi connectivity index (χ1n) is 7.28. The highest BCUT2D eigenvalue weighted by Crippen LogP contribution is 2.25. The summed E-state index contributed by atoms with van der Waals surface area (Å²) < 4.78 is 0. The van der Waals surface area contributed by atoms with Crippen LogP contribution < -0.4 is 10.6 Å². The van der Waals surface area contributed by atoms with E-state index in [9.17, 15) is 10.1 Å². The minimum absolute atomic E-state index is 0.100. The van der Waals surface area contributed by atoms with E-state index in [1.165, 1.54) is 0 Å². The van der Waals surface area contributed by atoms with E-state index in [0.29, 0.717) is 5.92 Å². The largest absolute Gasteiger partial charge is 0.385 e. The smallest absolute Gasteiger partial charge is 0.273 e. The molecule has 1 aromatic rings. The maximum atomic E-state index is 11.0. The SMILES string of the molecule is CCNc1cc(NC(CN(C)C)C(C)C)cc([N+](=O)[O-])c1. The first-order valence-corrected chi connectivity index (χ1v) is 7.28. The van der Waals surface area contributed by atoms with Crippen molar-refractivity contribution in [1.29, 1.82) is 0 Å². The summed E-state index contributed by atoms with van der Waals surface area (Å²) in [5.41, 5.74) is 1.64. The lowest BCUT2D eigenvalue weighted by molar-refractivity contribution is -0.384. The summed E-state index contributed by atoms with van der Waals surface area (Å²) >= 11 is 0. The maximum absolute atomic E-state index is 11.0. The van der Waals surface area contributed by atoms with Gasteiger partial charge in [-0.3, -0.25) is 10.1 Å². The molecule has 1 atom stereocenters. The van der Waals surface area contributed by atoms with E-state index in [-0.39, 0.29) is 16.7 Å². The highest BCUT2D eigenvalue weighted by atomic mass is 16.6. The molecule has 1 rings (SSSR count). The van der Waals surface area contributed by atoms with Gasteiger partial charge in [-0.05, 0) is 33.0 Å². The van der Waals surface area contributed by atoms with Gasteiger partial charge in [0.15, 0.2) is 0 Å². The van der Waals surface area contributed by atoms with Gasteiger partial charge in [0.1, 0.15) is 0 Å². The van der Waals surface area contributed by atoms with Crippen LogP contribution in [0.25, 0.3) is 0 Å². The van der Waals surface area contributed by atoms with Crippen LogP contribution in [0.3, 0.4) is 0 Å². The topological polar surface area (TPSA) is 70.4 Å². The summed E-state index contributed by atoms with van der Waals surface area (Å²) in [7, 11) is 4.04. The van der Waals surface area contributed by atoms with Crippen molar-refractivity contribution < 1.29 is 4.92 Å². The van der Waals surface area contributed by atoms with Crippen LogP contribution >= 0.6 is 0 Å². The van der Waals surface area contributed by atoms with Gasteiger partial charge >= 0.3 is 0 Å². The molecule has 118 valence electrons. The number of likely N-dealkylation sites (N-methyl/N-ethyl adjacent to an activating group) is 1. The molecule has 2 N–H and O–H groups in total. The molecule has 0 fully saturated rings. The Balaban J connectivity index is 3.01. The molecule has 6 heteroatoms. The van der Waals surface area contributed by atoms with Crippen molar-refractivity contribution in [3.8, 4) is 0 Å². The molecule has 1 aromatic carbocycles. The first-order chi connectivity index (χ1) is 9.83. The van der Waals surface area contributed by atoms with E-state index in [1.54, 1.807) is 12.1 Å². The fourth-order valence-corrected chi connectivity index (χ4v) is 2.14. The average molecular weight is 294 g/mol. The minimum atomic E-state index is -0.359. The average Bonchev–Trinajstić information content (AvgIpc) is 2.37. The highest BCUT2D eigenvalue weighted by molar-refractivity contribution is 5.63. The van der Waals surface area contributed by atoms with Gasteiger partial charge in [0.2, 0.25) is 0 Å². The van der Waals surface area contributed by atoms with Crippen LogP contribution in [0.5, 0.6) is 0 Å². The van der Waals surface area contributed by atoms with Gasteiger partial charge in [-0.15, -0.1) is 0 Å². The molecule has 21 heavy (non-hydrogen) atoms. The molecule has 0 bridgehead atoms. The zero-order valence-electron chi connectivity index (χ0n) is 13.5. The van der Waals surface area contributed by atoms with E-state index in [2.05, 4.69) is 29.4 Å². The van der Waals surface area contributed by atoms with Gasteiger partial charge in [-0.25, -0.2) is 0 Å². The molecule has 0 radical (unpaired) electrons. The van der Waals surface area contributed by atoms with Crippen LogP contribution in [-0.4, -0.2) is 43.0 Å². The van der Waals surface area contributed by atoms with Crippen LogP contribution in [-0.2, 0) is 0 Å². The zero-order chi connectivity index (χ0) is 16.0. The number of nitro benzene ring substituents is 1. The van der Waals surface area contributed by atoms with Crippen LogP contribution in [0.1, 0.15) is 20.8 Å². The third-order valence-electron chi connectivity index (χ3n) is 3.23. The molecular formula is C15H26N4O2. The second-order valence-electron chi connectivity index (χ2n) is 5.81. The number of benzene rings is 1. The Bertz CT molecular complexity index is 475. The molecular weight excluding hydrogens is 268 g/mol. The predicted octanol–water partition coefficient (Wildman–Crippen LogP) is 3.02. The van der Waals surface area contributed by atoms with Crippen molar-refractivity contribution in [3.05, 3.63) is 28.3 Å². The molecule has 0 spiro atoms. The summed E-state index contributed by atoms with van der Waals surface area (Å²) in [6.07, 6.45) is 0. The molecule has 0 aromatic heterocycles. The van der Waals surface area contributed by atoms with Crippen molar-refractivity contribution in [2.24, 2.45) is 5.92 Å². The molecule has 0 saturated heterocycles. The maximum Gasteiger partial charge on any atom is 0.273 e. The number of non-ortho nitro benzene ring substituents is 1. The molecule has 0 aliphatic rings. The van der Waals surface area contributed by atoms with E-state index in [1.807, 2.05) is 27.1 Å². The Hall–Kier alpha value is -1.82. The Kier molecular flexibility index (Phi) is 6.42. The lowest BCUT2D eigenvalue weighted by Gasteiger charge is -2.26. The van der Waals surface area contributed by atoms with Gasteiger partial charge in [-0.2, -0.15) is 0 Å². The number of nitrogens with zero attached hydrogens (tertiary/aromatic N) is 2. The Morgan fingerprint density at radius 2 is 1.86 bits per heavy atom. The van der Waals surface area contributed by atoms with Gasteiger partial charge in [0, 0.05) is 42.6 Å².